The standard InChI is InChI=1S/C9H15F3.C9H18.C8H13F3.C8H16.C6H8F6.2C6H14.C5H6F6.C5H9F3.C4H7F3.C4H8F2.C4H7F.C3H8.C2H6/c1-2-8(9(10,11)12)6-4-3-5-7-8;1-3-9(2)7-5-4-6-8-9;1-2-7(8(9,10)11)5-3-4-6-7;1-3-8(2)6-4-5-7-8;1-3-4(2,5(7,8)9)6(10,11)12;2*1-5-6(2,3)4;1-3(2,4(6,7)8)5(9,10)11;1-3-4(2)5(6,7)8;1-3(2)4(5,6)7;1-3-4(2,5)6;1-4(5)2-3-4;1-3-2;1-2/h2-7H2,1H3;3-8H2,1-2H3;2-6H2,1H3;3-7H2,1-2H3;3H2,1-2H3;2*5H2,1-4H3;1-2H3;4H,3H2,1-2H3;3H,1-2H3;3H2,1-2H3;2-3H2,1H3;3H2,1-2H3;1-2H3. The molecule has 0 N–H and O–H groups in total. The highest BCUT2D eigenvalue weighted by molar-refractivity contribution is 4.91. The third-order valence-corrected chi connectivity index (χ3v) is 20.4. The second-order valence-electron chi connectivity index (χ2n) is 32.8. The highest BCUT2D eigenvalue weighted by atomic mass is 19.4. The molecule has 5 aliphatic carbocycles. The summed E-state index contributed by atoms with van der Waals surface area (Å²) >= 11 is 0. The van der Waals surface area contributed by atoms with Crippen molar-refractivity contribution < 1.29 is 119 Å². The maximum absolute atomic E-state index is 12.6. The van der Waals surface area contributed by atoms with Crippen LogP contribution in [0.1, 0.15) is 393 Å². The van der Waals surface area contributed by atoms with Gasteiger partial charge >= 0.3 is 49.4 Å². The van der Waals surface area contributed by atoms with Crippen molar-refractivity contribution in [2.75, 3.05) is 0 Å². The van der Waals surface area contributed by atoms with E-state index in [9.17, 15) is 119 Å². The average molecular weight is 1610 g/mol. The van der Waals surface area contributed by atoms with E-state index in [-0.39, 0.29) is 46.5 Å². The van der Waals surface area contributed by atoms with Crippen molar-refractivity contribution >= 4 is 0 Å². The molecule has 0 aromatic carbocycles. The van der Waals surface area contributed by atoms with Gasteiger partial charge in [0.1, 0.15) is 5.67 Å². The molecule has 0 amide bonds. The van der Waals surface area contributed by atoms with Gasteiger partial charge in [0.25, 0.3) is 0 Å². The Balaban J connectivity index is -0.000000139. The van der Waals surface area contributed by atoms with E-state index in [4.69, 9.17) is 0 Å². The Morgan fingerprint density at radius 3 is 0.566 bits per heavy atom. The Morgan fingerprint density at radius 2 is 0.500 bits per heavy atom. The number of halogens is 27. The fraction of sp³-hybridized carbons (Fsp3) is 1.00. The van der Waals surface area contributed by atoms with Gasteiger partial charge in [-0.25, -0.2) is 13.2 Å². The van der Waals surface area contributed by atoms with Gasteiger partial charge in [-0.3, -0.25) is 0 Å². The van der Waals surface area contributed by atoms with E-state index >= 15 is 0 Å². The van der Waals surface area contributed by atoms with Crippen LogP contribution >= 0.6 is 0 Å². The van der Waals surface area contributed by atoms with Crippen molar-refractivity contribution in [3.8, 4) is 0 Å². The molecule has 5 saturated carbocycles. The van der Waals surface area contributed by atoms with Gasteiger partial charge in [0.15, 0.2) is 10.8 Å². The molecule has 1 atom stereocenters. The van der Waals surface area contributed by atoms with Gasteiger partial charge in [0.05, 0.1) is 16.7 Å². The zero-order chi connectivity index (χ0) is 87.4. The highest BCUT2D eigenvalue weighted by Crippen LogP contribution is 2.55. The average Bonchev–Trinajstić information content (AvgIpc) is 1.02. The second-order valence-corrected chi connectivity index (χ2v) is 32.8. The van der Waals surface area contributed by atoms with E-state index in [0.29, 0.717) is 36.5 Å². The Bertz CT molecular complexity index is 1920. The quantitative estimate of drug-likeness (QED) is 0.223. The lowest BCUT2D eigenvalue weighted by Gasteiger charge is -2.38. The fourth-order valence-electron chi connectivity index (χ4n) is 8.42. The van der Waals surface area contributed by atoms with Gasteiger partial charge in [-0.1, -0.05) is 262 Å². The number of hydrogen-bond acceptors (Lipinski definition) is 0. The molecule has 5 aliphatic rings. The van der Waals surface area contributed by atoms with Crippen molar-refractivity contribution in [3.63, 3.8) is 0 Å². The first-order valence-corrected chi connectivity index (χ1v) is 38.5. The molecule has 654 valence electrons. The molecule has 5 fully saturated rings. The molecule has 0 aromatic rings. The third-order valence-electron chi connectivity index (χ3n) is 20.4. The predicted octanol–water partition coefficient (Wildman–Crippen LogP) is 36.1. The molecule has 0 heterocycles. The molecule has 5 rings (SSSR count). The summed E-state index contributed by atoms with van der Waals surface area (Å²) in [6.45, 7) is 49.1. The Hall–Kier alpha value is -1.89. The topological polar surface area (TPSA) is 0 Å². The molecule has 1 unspecified atom stereocenters. The monoisotopic (exact) mass is 1610 g/mol. The maximum Gasteiger partial charge on any atom is 0.402 e. The predicted molar refractivity (Wildman–Crippen MR) is 387 cm³/mol. The maximum atomic E-state index is 12.6. The van der Waals surface area contributed by atoms with Gasteiger partial charge < -0.3 is 0 Å². The third kappa shape index (κ3) is 58.9. The minimum absolute atomic E-state index is 0.0625. The summed E-state index contributed by atoms with van der Waals surface area (Å²) in [5.74, 6) is -4.81. The minimum Gasteiger partial charge on any atom is -0.244 e. The van der Waals surface area contributed by atoms with Crippen LogP contribution in [-0.4, -0.2) is 61.0 Å². The summed E-state index contributed by atoms with van der Waals surface area (Å²) in [4.78, 5) is 0. The van der Waals surface area contributed by atoms with E-state index in [2.05, 4.69) is 96.9 Å². The lowest BCUT2D eigenvalue weighted by Crippen LogP contribution is -2.47. The summed E-state index contributed by atoms with van der Waals surface area (Å²) in [5.41, 5.74) is -8.09. The SMILES string of the molecule is CC.CC(C)(C(F)(F)F)C(F)(F)F.CC(C)C(F)(F)F.CC1(F)CC1.CCC.CCC(C)(C(F)(F)F)C(F)(F)F.CCC(C)(C)C.CCC(C)(C)C.CCC(C)(F)F.CCC(C)C(F)(F)F.CCC1(C(F)(F)F)CCCC1.CCC1(C(F)(F)F)CCCCC1.CCC1(C)CCCC1.CCC1(C)CCCCC1. The molecule has 0 bridgehead atoms. The number of alkyl halides is 27. The second kappa shape index (κ2) is 53.2. The van der Waals surface area contributed by atoms with E-state index in [1.165, 1.54) is 111 Å². The van der Waals surface area contributed by atoms with Gasteiger partial charge in [-0.05, 0) is 146 Å². The van der Waals surface area contributed by atoms with Crippen LogP contribution in [-0.2, 0) is 0 Å². The smallest absolute Gasteiger partial charge is 0.244 e. The van der Waals surface area contributed by atoms with Crippen molar-refractivity contribution in [2.24, 2.45) is 55.2 Å². The number of rotatable bonds is 7. The van der Waals surface area contributed by atoms with Crippen LogP contribution < -0.4 is 0 Å². The Labute approximate surface area is 626 Å². The summed E-state index contributed by atoms with van der Waals surface area (Å²) < 4.78 is 319. The van der Waals surface area contributed by atoms with E-state index in [0.717, 1.165) is 83.5 Å². The van der Waals surface area contributed by atoms with Gasteiger partial charge in [-0.15, -0.1) is 0 Å². The first kappa shape index (κ1) is 122. The Kier molecular flexibility index (Phi) is 61.5. The van der Waals surface area contributed by atoms with Crippen LogP contribution in [0.5, 0.6) is 0 Å². The number of hydrogen-bond donors (Lipinski definition) is 0. The molecule has 27 heteroatoms. The Morgan fingerprint density at radius 1 is 0.302 bits per heavy atom. The van der Waals surface area contributed by atoms with Crippen LogP contribution in [0.25, 0.3) is 0 Å². The molecule has 0 radical (unpaired) electrons. The lowest BCUT2D eigenvalue weighted by atomic mass is 9.72. The van der Waals surface area contributed by atoms with Crippen LogP contribution in [0.15, 0.2) is 0 Å². The van der Waals surface area contributed by atoms with E-state index in [1.54, 1.807) is 20.8 Å². The molecular formula is C79H149F27. The molecule has 0 aliphatic heterocycles. The van der Waals surface area contributed by atoms with Crippen LogP contribution in [0.3, 0.4) is 0 Å². The molecule has 0 nitrogen and oxygen atoms in total. The van der Waals surface area contributed by atoms with Crippen LogP contribution in [0, 0.1) is 55.2 Å². The normalized spacial score (nSPS) is 18.4. The summed E-state index contributed by atoms with van der Waals surface area (Å²) in [6, 6.07) is 0. The summed E-state index contributed by atoms with van der Waals surface area (Å²) in [7, 11) is 0. The van der Waals surface area contributed by atoms with Gasteiger partial charge in [0, 0.05) is 12.3 Å². The van der Waals surface area contributed by atoms with E-state index in [1.807, 2.05) is 13.8 Å². The lowest BCUT2D eigenvalue weighted by molar-refractivity contribution is -0.335. The van der Waals surface area contributed by atoms with Crippen molar-refractivity contribution in [3.05, 3.63) is 0 Å². The van der Waals surface area contributed by atoms with Crippen LogP contribution in [0.2, 0.25) is 0 Å². The van der Waals surface area contributed by atoms with Crippen LogP contribution in [0.4, 0.5) is 119 Å². The minimum atomic E-state index is -5.24. The largest absolute Gasteiger partial charge is 0.402 e. The van der Waals surface area contributed by atoms with Crippen molar-refractivity contribution in [1.29, 1.82) is 0 Å². The van der Waals surface area contributed by atoms with Crippen molar-refractivity contribution in [1.82, 2.24) is 0 Å². The van der Waals surface area contributed by atoms with Gasteiger partial charge in [0.2, 0.25) is 5.92 Å². The molecule has 0 spiro atoms. The van der Waals surface area contributed by atoms with Crippen molar-refractivity contribution in [2.45, 2.75) is 454 Å². The highest BCUT2D eigenvalue weighted by Gasteiger charge is 2.66. The van der Waals surface area contributed by atoms with Gasteiger partial charge in [-0.2, -0.15) is 105 Å². The summed E-state index contributed by atoms with van der Waals surface area (Å²) in [5, 5.41) is 0. The molecule has 106 heavy (non-hydrogen) atoms. The first-order valence-electron chi connectivity index (χ1n) is 38.5. The first-order chi connectivity index (χ1) is 46.9. The zero-order valence-electron chi connectivity index (χ0n) is 70.6. The zero-order valence-corrected chi connectivity index (χ0v) is 70.6. The molecule has 0 aromatic heterocycles. The van der Waals surface area contributed by atoms with E-state index < -0.39 is 101 Å². The molecule has 0 saturated heterocycles. The fourth-order valence-corrected chi connectivity index (χ4v) is 8.42. The molecular weight excluding hydrogens is 1460 g/mol. The summed E-state index contributed by atoms with van der Waals surface area (Å²) in [6.07, 6.45) is -10.6.